The van der Waals surface area contributed by atoms with Gasteiger partial charge in [-0.3, -0.25) is 37.3 Å². The summed E-state index contributed by atoms with van der Waals surface area (Å²) in [6, 6.07) is 0. The van der Waals surface area contributed by atoms with Crippen molar-refractivity contribution in [1.29, 1.82) is 0 Å². The van der Waals surface area contributed by atoms with Gasteiger partial charge in [0, 0.05) is 25.7 Å². The van der Waals surface area contributed by atoms with Crippen molar-refractivity contribution in [3.8, 4) is 0 Å². The molecular formula is C78H152O17P2. The van der Waals surface area contributed by atoms with Crippen molar-refractivity contribution in [2.45, 2.75) is 432 Å². The first-order chi connectivity index (χ1) is 47.1. The van der Waals surface area contributed by atoms with Gasteiger partial charge < -0.3 is 33.8 Å². The van der Waals surface area contributed by atoms with Gasteiger partial charge in [-0.05, 0) is 31.6 Å². The van der Waals surface area contributed by atoms with Gasteiger partial charge in [-0.15, -0.1) is 0 Å². The summed E-state index contributed by atoms with van der Waals surface area (Å²) >= 11 is 0. The van der Waals surface area contributed by atoms with Crippen molar-refractivity contribution < 1.29 is 80.2 Å². The molecule has 19 heteroatoms. The Hall–Kier alpha value is -1.94. The Balaban J connectivity index is 5.25. The maximum absolute atomic E-state index is 13.1. The van der Waals surface area contributed by atoms with Crippen LogP contribution in [0.3, 0.4) is 0 Å². The summed E-state index contributed by atoms with van der Waals surface area (Å²) in [4.78, 5) is 72.9. The highest BCUT2D eigenvalue weighted by atomic mass is 31.2. The van der Waals surface area contributed by atoms with E-state index < -0.39 is 97.5 Å². The molecule has 0 radical (unpaired) electrons. The summed E-state index contributed by atoms with van der Waals surface area (Å²) in [6.07, 6.45) is 60.9. The number of phosphoric ester groups is 2. The van der Waals surface area contributed by atoms with E-state index in [0.29, 0.717) is 25.7 Å². The van der Waals surface area contributed by atoms with E-state index in [0.717, 1.165) is 95.8 Å². The number of carbonyl (C=O) groups is 4. The van der Waals surface area contributed by atoms with Crippen LogP contribution in [0.15, 0.2) is 0 Å². The van der Waals surface area contributed by atoms with Crippen LogP contribution in [0.25, 0.3) is 0 Å². The summed E-state index contributed by atoms with van der Waals surface area (Å²) in [5.74, 6) is -1.34. The zero-order chi connectivity index (χ0) is 71.2. The maximum Gasteiger partial charge on any atom is 0.472 e. The Morgan fingerprint density at radius 2 is 0.495 bits per heavy atom. The van der Waals surface area contributed by atoms with E-state index >= 15 is 0 Å². The van der Waals surface area contributed by atoms with Gasteiger partial charge >= 0.3 is 39.5 Å². The van der Waals surface area contributed by atoms with E-state index in [1.54, 1.807) is 0 Å². The van der Waals surface area contributed by atoms with Gasteiger partial charge in [-0.1, -0.05) is 362 Å². The third-order valence-electron chi connectivity index (χ3n) is 18.6. The third kappa shape index (κ3) is 70.9. The number of rotatable bonds is 78. The molecule has 0 aliphatic heterocycles. The number of phosphoric acid groups is 2. The Kier molecular flexibility index (Phi) is 69.6. The summed E-state index contributed by atoms with van der Waals surface area (Å²) in [5.41, 5.74) is 0. The summed E-state index contributed by atoms with van der Waals surface area (Å²) in [5, 5.41) is 10.6. The number of ether oxygens (including phenoxy) is 4. The molecule has 0 aliphatic carbocycles. The molecule has 0 heterocycles. The molecule has 576 valence electrons. The summed E-state index contributed by atoms with van der Waals surface area (Å²) in [6.45, 7) is 7.31. The molecule has 97 heavy (non-hydrogen) atoms. The second-order valence-electron chi connectivity index (χ2n) is 28.3. The van der Waals surface area contributed by atoms with Crippen LogP contribution in [0.4, 0.5) is 0 Å². The lowest BCUT2D eigenvalue weighted by atomic mass is 9.99. The van der Waals surface area contributed by atoms with E-state index in [9.17, 15) is 43.2 Å². The zero-order valence-electron chi connectivity index (χ0n) is 63.2. The van der Waals surface area contributed by atoms with Crippen molar-refractivity contribution in [2.24, 2.45) is 5.92 Å². The van der Waals surface area contributed by atoms with E-state index in [1.165, 1.54) is 238 Å². The monoisotopic (exact) mass is 1420 g/mol. The lowest BCUT2D eigenvalue weighted by Gasteiger charge is -2.21. The standard InChI is InChI=1S/C78H152O17P2/c1-6-10-13-16-19-22-25-28-30-31-32-34-36-39-42-48-53-58-63-77(82)94-73(67-88-76(81)62-57-52-47-41-38-35-33-29-26-23-20-17-14-11-7-2)69-92-96(84,85)90-65-72(79)66-91-97(86,87)93-70-74(95-78(83)64-59-54-49-44-43-45-50-55-60-71(5)9-4)68-89-75(80)61-56-51-46-40-37-27-24-21-18-15-12-8-3/h71-74,79H,6-70H2,1-5H3,(H,84,85)(H,86,87)/t71?,72-,73-,74-/m1/s1. The fraction of sp³-hybridized carbons (Fsp3) is 0.949. The van der Waals surface area contributed by atoms with Gasteiger partial charge in [-0.25, -0.2) is 9.13 Å². The molecule has 0 fully saturated rings. The van der Waals surface area contributed by atoms with Crippen LogP contribution >= 0.6 is 15.6 Å². The minimum atomic E-state index is -4.96. The number of esters is 4. The third-order valence-corrected chi connectivity index (χ3v) is 20.5. The Labute approximate surface area is 594 Å². The van der Waals surface area contributed by atoms with Gasteiger partial charge in [0.1, 0.15) is 19.3 Å². The number of aliphatic hydroxyl groups is 1. The van der Waals surface area contributed by atoms with Crippen LogP contribution in [-0.2, 0) is 65.4 Å². The smallest absolute Gasteiger partial charge is 0.462 e. The van der Waals surface area contributed by atoms with E-state index in [1.807, 2.05) is 0 Å². The van der Waals surface area contributed by atoms with Crippen LogP contribution in [0, 0.1) is 5.92 Å². The lowest BCUT2D eigenvalue weighted by molar-refractivity contribution is -0.161. The first-order valence-corrected chi connectivity index (χ1v) is 43.7. The first-order valence-electron chi connectivity index (χ1n) is 40.7. The maximum atomic E-state index is 13.1. The molecule has 0 saturated heterocycles. The fourth-order valence-corrected chi connectivity index (χ4v) is 13.6. The van der Waals surface area contributed by atoms with Crippen molar-refractivity contribution in [2.75, 3.05) is 39.6 Å². The Bertz CT molecular complexity index is 1860. The van der Waals surface area contributed by atoms with Gasteiger partial charge in [0.05, 0.1) is 26.4 Å². The average molecular weight is 1420 g/mol. The molecule has 0 bridgehead atoms. The first kappa shape index (κ1) is 95.1. The summed E-state index contributed by atoms with van der Waals surface area (Å²) in [7, 11) is -9.91. The molecule has 0 amide bonds. The second kappa shape index (κ2) is 71.1. The topological polar surface area (TPSA) is 237 Å². The number of carbonyl (C=O) groups excluding carboxylic acids is 4. The molecule has 0 spiro atoms. The van der Waals surface area contributed by atoms with Crippen molar-refractivity contribution in [1.82, 2.24) is 0 Å². The molecule has 0 aliphatic rings. The SMILES string of the molecule is CCCCCCCCCCCCCCCCCCCCC(=O)O[C@H](COC(=O)CCCCCCCCCCCCCCCCC)COP(=O)(O)OC[C@@H](O)COP(=O)(O)OC[C@@H](COC(=O)CCCCCCCCCCCCCC)OC(=O)CCCCCCCCCCC(C)CC. The van der Waals surface area contributed by atoms with Crippen LogP contribution in [0.1, 0.15) is 413 Å². The van der Waals surface area contributed by atoms with Crippen LogP contribution in [-0.4, -0.2) is 96.7 Å². The molecular weight excluding hydrogens is 1270 g/mol. The number of aliphatic hydroxyl groups excluding tert-OH is 1. The van der Waals surface area contributed by atoms with E-state index in [4.69, 9.17) is 37.0 Å². The van der Waals surface area contributed by atoms with Gasteiger partial charge in [0.25, 0.3) is 0 Å². The fourth-order valence-electron chi connectivity index (χ4n) is 12.0. The van der Waals surface area contributed by atoms with E-state index in [2.05, 4.69) is 34.6 Å². The molecule has 0 aromatic rings. The van der Waals surface area contributed by atoms with Crippen LogP contribution < -0.4 is 0 Å². The van der Waals surface area contributed by atoms with Crippen molar-refractivity contribution in [3.05, 3.63) is 0 Å². The highest BCUT2D eigenvalue weighted by Gasteiger charge is 2.30. The lowest BCUT2D eigenvalue weighted by Crippen LogP contribution is -2.30. The van der Waals surface area contributed by atoms with Crippen molar-refractivity contribution in [3.63, 3.8) is 0 Å². The minimum Gasteiger partial charge on any atom is -0.462 e. The average Bonchev–Trinajstić information content (AvgIpc) is 1.31. The number of unbranched alkanes of at least 4 members (excludes halogenated alkanes) is 49. The molecule has 0 aromatic carbocycles. The van der Waals surface area contributed by atoms with E-state index in [-0.39, 0.29) is 25.7 Å². The number of hydrogen-bond donors (Lipinski definition) is 3. The second-order valence-corrected chi connectivity index (χ2v) is 31.3. The predicted octanol–water partition coefficient (Wildman–Crippen LogP) is 23.3. The molecule has 17 nitrogen and oxygen atoms in total. The minimum absolute atomic E-state index is 0.106. The molecule has 0 saturated carbocycles. The number of hydrogen-bond acceptors (Lipinski definition) is 15. The van der Waals surface area contributed by atoms with Gasteiger partial charge in [-0.2, -0.15) is 0 Å². The van der Waals surface area contributed by atoms with Gasteiger partial charge in [0.2, 0.25) is 0 Å². The zero-order valence-corrected chi connectivity index (χ0v) is 65.0. The Morgan fingerprint density at radius 1 is 0.289 bits per heavy atom. The highest BCUT2D eigenvalue weighted by molar-refractivity contribution is 7.47. The molecule has 0 rings (SSSR count). The largest absolute Gasteiger partial charge is 0.472 e. The predicted molar refractivity (Wildman–Crippen MR) is 395 cm³/mol. The Morgan fingerprint density at radius 3 is 0.732 bits per heavy atom. The summed E-state index contributed by atoms with van der Waals surface area (Å²) < 4.78 is 68.6. The van der Waals surface area contributed by atoms with Crippen LogP contribution in [0.5, 0.6) is 0 Å². The molecule has 6 atom stereocenters. The quantitative estimate of drug-likeness (QED) is 0.0222. The molecule has 3 unspecified atom stereocenters. The molecule has 0 aromatic heterocycles. The molecule has 3 N–H and O–H groups in total. The van der Waals surface area contributed by atoms with Crippen LogP contribution in [0.2, 0.25) is 0 Å². The van der Waals surface area contributed by atoms with Crippen molar-refractivity contribution >= 4 is 39.5 Å². The normalized spacial score (nSPS) is 14.2. The highest BCUT2D eigenvalue weighted by Crippen LogP contribution is 2.45. The van der Waals surface area contributed by atoms with Gasteiger partial charge in [0.15, 0.2) is 12.2 Å².